The fourth-order valence-electron chi connectivity index (χ4n) is 11.4. The number of benzene rings is 10. The minimum absolute atomic E-state index is 0.564. The van der Waals surface area contributed by atoms with Gasteiger partial charge in [-0.1, -0.05) is 176 Å². The SMILES string of the molecule is c1ccc(-c2cccc(-c3ccccc3N(c3ccc4sc5ccccc5c4c3)c3cccc4c3-c3ccccc3C43c4ccccc4-n4c5ccccc5c5cccc3c54)c2)cc1. The second kappa shape index (κ2) is 13.5. The molecule has 0 amide bonds. The molecule has 1 unspecified atom stereocenters. The third-order valence-electron chi connectivity index (χ3n) is 14.0. The molecule has 0 fully saturated rings. The van der Waals surface area contributed by atoms with Crippen molar-refractivity contribution in [1.82, 2.24) is 4.57 Å². The lowest BCUT2D eigenvalue weighted by molar-refractivity contribution is 0.748. The Labute approximate surface area is 375 Å². The van der Waals surface area contributed by atoms with Crippen LogP contribution >= 0.6 is 11.3 Å². The predicted octanol–water partition coefficient (Wildman–Crippen LogP) is 16.6. The van der Waals surface area contributed by atoms with Crippen LogP contribution in [0.2, 0.25) is 0 Å². The standard InChI is InChI=1S/C61H38N2S/c1-2-17-39(18-3-1)40-19-14-20-41(37-40)43-21-5-10-30-53(43)62(42-35-36-58-48(38-42)45-23-7-13-34-57(45)64-58)56-33-16-28-51-59(56)47-24-4-8-26-49(47)61(51)50-27-9-12-32-55(50)63-54-31-11-6-22-44(54)46-25-15-29-52(61)60(46)63/h1-38H. The number of anilines is 3. The van der Waals surface area contributed by atoms with E-state index in [1.54, 1.807) is 0 Å². The molecule has 3 heterocycles. The van der Waals surface area contributed by atoms with Crippen LogP contribution in [0.4, 0.5) is 17.1 Å². The summed E-state index contributed by atoms with van der Waals surface area (Å²) in [4.78, 5) is 2.55. The lowest BCUT2D eigenvalue weighted by Gasteiger charge is -2.39. The number of nitrogens with zero attached hydrogens (tertiary/aromatic N) is 2. The zero-order valence-electron chi connectivity index (χ0n) is 34.7. The van der Waals surface area contributed by atoms with Crippen LogP contribution in [0.1, 0.15) is 22.3 Å². The molecule has 1 atom stereocenters. The highest BCUT2D eigenvalue weighted by Crippen LogP contribution is 2.63. The van der Waals surface area contributed by atoms with E-state index in [1.807, 2.05) is 11.3 Å². The summed E-state index contributed by atoms with van der Waals surface area (Å²) in [5, 5.41) is 5.13. The Morgan fingerprint density at radius 3 is 1.92 bits per heavy atom. The number of thiophene rings is 1. The third-order valence-corrected chi connectivity index (χ3v) is 15.1. The van der Waals surface area contributed by atoms with Gasteiger partial charge >= 0.3 is 0 Å². The first kappa shape index (κ1) is 35.6. The van der Waals surface area contributed by atoms with Crippen LogP contribution in [0.5, 0.6) is 0 Å². The molecule has 0 radical (unpaired) electrons. The van der Waals surface area contributed by atoms with Crippen LogP contribution in [0.15, 0.2) is 231 Å². The molecule has 10 aromatic carbocycles. The zero-order chi connectivity index (χ0) is 41.9. The number of rotatable bonds is 5. The molecular formula is C61H38N2S. The van der Waals surface area contributed by atoms with Crippen LogP contribution < -0.4 is 4.90 Å². The number of para-hydroxylation sites is 4. The highest BCUT2D eigenvalue weighted by molar-refractivity contribution is 7.25. The molecule has 0 saturated carbocycles. The first-order valence-corrected chi connectivity index (χ1v) is 22.9. The van der Waals surface area contributed by atoms with Gasteiger partial charge in [-0.15, -0.1) is 11.3 Å². The molecule has 298 valence electrons. The van der Waals surface area contributed by atoms with Crippen molar-refractivity contribution in [3.05, 3.63) is 253 Å². The summed E-state index contributed by atoms with van der Waals surface area (Å²) < 4.78 is 5.12. The van der Waals surface area contributed by atoms with Gasteiger partial charge in [0.1, 0.15) is 0 Å². The highest BCUT2D eigenvalue weighted by atomic mass is 32.1. The maximum absolute atomic E-state index is 2.55. The van der Waals surface area contributed by atoms with Crippen molar-refractivity contribution in [1.29, 1.82) is 0 Å². The summed E-state index contributed by atoms with van der Waals surface area (Å²) in [6.45, 7) is 0. The van der Waals surface area contributed by atoms with E-state index in [-0.39, 0.29) is 0 Å². The summed E-state index contributed by atoms with van der Waals surface area (Å²) in [6.07, 6.45) is 0. The normalized spacial score (nSPS) is 14.6. The Hall–Kier alpha value is -7.98. The van der Waals surface area contributed by atoms with E-state index in [0.29, 0.717) is 0 Å². The number of hydrogen-bond donors (Lipinski definition) is 0. The Bertz CT molecular complexity index is 3870. The maximum Gasteiger partial charge on any atom is 0.0755 e. The molecule has 0 bridgehead atoms. The molecule has 1 aliphatic heterocycles. The van der Waals surface area contributed by atoms with E-state index in [1.165, 1.54) is 103 Å². The summed E-state index contributed by atoms with van der Waals surface area (Å²) in [7, 11) is 0. The minimum Gasteiger partial charge on any atom is -0.309 e. The first-order chi connectivity index (χ1) is 31.8. The monoisotopic (exact) mass is 830 g/mol. The molecule has 3 heteroatoms. The van der Waals surface area contributed by atoms with Gasteiger partial charge < -0.3 is 9.47 Å². The van der Waals surface area contributed by atoms with Gasteiger partial charge in [0.05, 0.1) is 33.5 Å². The van der Waals surface area contributed by atoms with Gasteiger partial charge in [-0.25, -0.2) is 0 Å². The van der Waals surface area contributed by atoms with Crippen LogP contribution in [0.3, 0.4) is 0 Å². The molecule has 2 aliphatic rings. The molecule has 1 aliphatic carbocycles. The van der Waals surface area contributed by atoms with Crippen molar-refractivity contribution in [3.8, 4) is 39.1 Å². The molecule has 64 heavy (non-hydrogen) atoms. The van der Waals surface area contributed by atoms with Gasteiger partial charge in [-0.2, -0.15) is 0 Å². The Balaban J connectivity index is 1.09. The molecular weight excluding hydrogens is 793 g/mol. The largest absolute Gasteiger partial charge is 0.309 e. The minimum atomic E-state index is -0.564. The van der Waals surface area contributed by atoms with E-state index in [2.05, 4.69) is 240 Å². The lowest BCUT2D eigenvalue weighted by atomic mass is 9.65. The first-order valence-electron chi connectivity index (χ1n) is 22.1. The van der Waals surface area contributed by atoms with Gasteiger partial charge in [0.2, 0.25) is 0 Å². The Morgan fingerprint density at radius 2 is 1.00 bits per heavy atom. The zero-order valence-corrected chi connectivity index (χ0v) is 35.6. The van der Waals surface area contributed by atoms with E-state index in [4.69, 9.17) is 0 Å². The van der Waals surface area contributed by atoms with Crippen molar-refractivity contribution in [2.24, 2.45) is 0 Å². The summed E-state index contributed by atoms with van der Waals surface area (Å²) >= 11 is 1.87. The average molecular weight is 831 g/mol. The Kier molecular flexibility index (Phi) is 7.51. The second-order valence-corrected chi connectivity index (χ2v) is 18.2. The van der Waals surface area contributed by atoms with Gasteiger partial charge in [0.25, 0.3) is 0 Å². The lowest BCUT2D eigenvalue weighted by Crippen LogP contribution is -2.33. The third kappa shape index (κ3) is 4.79. The fourth-order valence-corrected chi connectivity index (χ4v) is 12.5. The number of aromatic nitrogens is 1. The molecule has 2 nitrogen and oxygen atoms in total. The topological polar surface area (TPSA) is 8.17 Å². The van der Waals surface area contributed by atoms with Crippen LogP contribution in [0, 0.1) is 0 Å². The van der Waals surface area contributed by atoms with Crippen LogP contribution in [0.25, 0.3) is 81.0 Å². The molecule has 0 N–H and O–H groups in total. The predicted molar refractivity (Wildman–Crippen MR) is 270 cm³/mol. The average Bonchev–Trinajstić information content (AvgIpc) is 4.01. The van der Waals surface area contributed by atoms with Gasteiger partial charge in [-0.05, 0) is 99.1 Å². The molecule has 14 rings (SSSR count). The van der Waals surface area contributed by atoms with E-state index < -0.39 is 5.41 Å². The van der Waals surface area contributed by atoms with Crippen molar-refractivity contribution >= 4 is 70.4 Å². The Morgan fingerprint density at radius 1 is 0.375 bits per heavy atom. The summed E-state index contributed by atoms with van der Waals surface area (Å²) in [5.41, 5.74) is 19.1. The van der Waals surface area contributed by atoms with E-state index in [0.717, 1.165) is 17.1 Å². The fraction of sp³-hybridized carbons (Fsp3) is 0.0164. The number of hydrogen-bond acceptors (Lipinski definition) is 2. The summed E-state index contributed by atoms with van der Waals surface area (Å²) in [5.74, 6) is 0. The van der Waals surface area contributed by atoms with Crippen molar-refractivity contribution in [2.75, 3.05) is 4.90 Å². The van der Waals surface area contributed by atoms with Crippen molar-refractivity contribution in [3.63, 3.8) is 0 Å². The van der Waals surface area contributed by atoms with Gasteiger partial charge in [0, 0.05) is 47.8 Å². The van der Waals surface area contributed by atoms with E-state index >= 15 is 0 Å². The van der Waals surface area contributed by atoms with E-state index in [9.17, 15) is 0 Å². The van der Waals surface area contributed by atoms with Crippen LogP contribution in [-0.2, 0) is 5.41 Å². The molecule has 1 spiro atoms. The van der Waals surface area contributed by atoms with Crippen molar-refractivity contribution < 1.29 is 0 Å². The van der Waals surface area contributed by atoms with Crippen LogP contribution in [-0.4, -0.2) is 4.57 Å². The quantitative estimate of drug-likeness (QED) is 0.168. The smallest absolute Gasteiger partial charge is 0.0755 e. The van der Waals surface area contributed by atoms with Crippen molar-refractivity contribution in [2.45, 2.75) is 5.41 Å². The highest BCUT2D eigenvalue weighted by Gasteiger charge is 2.51. The summed E-state index contributed by atoms with van der Waals surface area (Å²) in [6, 6.07) is 86.0. The van der Waals surface area contributed by atoms with Gasteiger partial charge in [0.15, 0.2) is 0 Å². The maximum atomic E-state index is 2.55. The molecule has 0 saturated heterocycles. The number of fused-ring (bicyclic) bond motifs is 15. The second-order valence-electron chi connectivity index (χ2n) is 17.1. The molecule has 12 aromatic rings. The molecule has 2 aromatic heterocycles. The van der Waals surface area contributed by atoms with Gasteiger partial charge in [-0.3, -0.25) is 0 Å².